The molecule has 33 heavy (non-hydrogen) atoms. The van der Waals surface area contributed by atoms with E-state index in [0.29, 0.717) is 17.1 Å². The lowest BCUT2D eigenvalue weighted by Gasteiger charge is -2.30. The summed E-state index contributed by atoms with van der Waals surface area (Å²) in [5, 5.41) is 30.3. The molecule has 0 saturated carbocycles. The van der Waals surface area contributed by atoms with Gasteiger partial charge in [-0.25, -0.2) is 0 Å². The fourth-order valence-corrected chi connectivity index (χ4v) is 3.94. The average Bonchev–Trinajstić information content (AvgIpc) is 2.78. The van der Waals surface area contributed by atoms with Crippen molar-refractivity contribution in [2.45, 2.75) is 27.7 Å². The molecule has 0 amide bonds. The van der Waals surface area contributed by atoms with Crippen LogP contribution in [0.4, 0.5) is 17.1 Å². The molecule has 0 bridgehead atoms. The summed E-state index contributed by atoms with van der Waals surface area (Å²) in [6.07, 6.45) is 0. The molecule has 0 atom stereocenters. The van der Waals surface area contributed by atoms with E-state index < -0.39 is 0 Å². The Morgan fingerprint density at radius 1 is 0.576 bits per heavy atom. The van der Waals surface area contributed by atoms with Crippen molar-refractivity contribution >= 4 is 17.1 Å². The standard InChI is InChI=1S/C28H27NO4/c1-17-9-14-26(20(4)28(17)32)33-27-8-6-5-7-25(27)29(23-12-10-21(30)15-18(23)2)24-13-11-22(31)16-19(24)3/h5-16,30-32H,1-4H3. The van der Waals surface area contributed by atoms with Crippen molar-refractivity contribution in [2.75, 3.05) is 4.90 Å². The number of phenolic OH excluding ortho intramolecular Hbond substituents is 3. The molecule has 0 saturated heterocycles. The highest BCUT2D eigenvalue weighted by molar-refractivity contribution is 5.83. The molecule has 3 N–H and O–H groups in total. The lowest BCUT2D eigenvalue weighted by Crippen LogP contribution is -2.13. The maximum Gasteiger partial charge on any atom is 0.151 e. The smallest absolute Gasteiger partial charge is 0.151 e. The van der Waals surface area contributed by atoms with E-state index in [1.54, 1.807) is 24.3 Å². The van der Waals surface area contributed by atoms with E-state index in [4.69, 9.17) is 4.74 Å². The first kappa shape index (κ1) is 22.1. The second kappa shape index (κ2) is 8.79. The summed E-state index contributed by atoms with van der Waals surface area (Å²) >= 11 is 0. The first-order valence-electron chi connectivity index (χ1n) is 10.7. The van der Waals surface area contributed by atoms with Crippen LogP contribution in [-0.4, -0.2) is 15.3 Å². The van der Waals surface area contributed by atoms with Crippen LogP contribution >= 0.6 is 0 Å². The number of ether oxygens (including phenoxy) is 1. The highest BCUT2D eigenvalue weighted by Gasteiger charge is 2.21. The van der Waals surface area contributed by atoms with Crippen molar-refractivity contribution in [1.82, 2.24) is 0 Å². The average molecular weight is 442 g/mol. The molecular formula is C28H27NO4. The molecule has 0 heterocycles. The number of anilines is 3. The van der Waals surface area contributed by atoms with Crippen LogP contribution in [0.3, 0.4) is 0 Å². The number of aryl methyl sites for hydroxylation is 3. The quantitative estimate of drug-likeness (QED) is 0.303. The van der Waals surface area contributed by atoms with Gasteiger partial charge in [-0.3, -0.25) is 0 Å². The zero-order chi connectivity index (χ0) is 23.7. The summed E-state index contributed by atoms with van der Waals surface area (Å²) in [6, 6.07) is 21.8. The van der Waals surface area contributed by atoms with Crippen molar-refractivity contribution in [1.29, 1.82) is 0 Å². The first-order valence-corrected chi connectivity index (χ1v) is 10.7. The maximum absolute atomic E-state index is 10.4. The minimum Gasteiger partial charge on any atom is -0.508 e. The molecule has 0 aromatic heterocycles. The van der Waals surface area contributed by atoms with Crippen molar-refractivity contribution < 1.29 is 20.1 Å². The third kappa shape index (κ3) is 4.30. The van der Waals surface area contributed by atoms with Gasteiger partial charge in [0.2, 0.25) is 0 Å². The number of para-hydroxylation sites is 2. The molecule has 0 aliphatic carbocycles. The van der Waals surface area contributed by atoms with Crippen LogP contribution in [0, 0.1) is 27.7 Å². The number of hydrogen-bond donors (Lipinski definition) is 3. The van der Waals surface area contributed by atoms with Gasteiger partial charge in [0.1, 0.15) is 23.0 Å². The number of phenols is 3. The Morgan fingerprint density at radius 3 is 1.73 bits per heavy atom. The van der Waals surface area contributed by atoms with Crippen LogP contribution in [-0.2, 0) is 0 Å². The van der Waals surface area contributed by atoms with Crippen LogP contribution in [0.1, 0.15) is 22.3 Å². The molecule has 0 spiro atoms. The van der Waals surface area contributed by atoms with E-state index in [-0.39, 0.29) is 17.2 Å². The molecule has 5 nitrogen and oxygen atoms in total. The van der Waals surface area contributed by atoms with Crippen LogP contribution in [0.5, 0.6) is 28.7 Å². The largest absolute Gasteiger partial charge is 0.508 e. The minimum absolute atomic E-state index is 0.189. The van der Waals surface area contributed by atoms with E-state index in [1.807, 2.05) is 81.1 Å². The summed E-state index contributed by atoms with van der Waals surface area (Å²) in [4.78, 5) is 2.04. The molecule has 4 aromatic carbocycles. The van der Waals surface area contributed by atoms with Gasteiger partial charge in [-0.1, -0.05) is 18.2 Å². The van der Waals surface area contributed by atoms with Crippen molar-refractivity contribution in [3.05, 3.63) is 95.1 Å². The summed E-state index contributed by atoms with van der Waals surface area (Å²) in [5.74, 6) is 1.76. The Bertz CT molecular complexity index is 1280. The zero-order valence-electron chi connectivity index (χ0n) is 19.1. The van der Waals surface area contributed by atoms with E-state index >= 15 is 0 Å². The van der Waals surface area contributed by atoms with E-state index in [9.17, 15) is 15.3 Å². The fourth-order valence-electron chi connectivity index (χ4n) is 3.94. The number of nitrogens with zero attached hydrogens (tertiary/aromatic N) is 1. The topological polar surface area (TPSA) is 73.2 Å². The Balaban J connectivity index is 1.91. The molecular weight excluding hydrogens is 414 g/mol. The molecule has 5 heteroatoms. The van der Waals surface area contributed by atoms with Gasteiger partial charge in [0.05, 0.1) is 5.69 Å². The van der Waals surface area contributed by atoms with Crippen molar-refractivity contribution in [3.8, 4) is 28.7 Å². The second-order valence-corrected chi connectivity index (χ2v) is 8.20. The highest BCUT2D eigenvalue weighted by Crippen LogP contribution is 2.45. The minimum atomic E-state index is 0.189. The summed E-state index contributed by atoms with van der Waals surface area (Å²) in [5.41, 5.74) is 5.71. The Labute approximate surface area is 193 Å². The van der Waals surface area contributed by atoms with Crippen LogP contribution in [0.15, 0.2) is 72.8 Å². The SMILES string of the molecule is Cc1cc(O)ccc1N(c1ccc(O)cc1C)c1ccccc1Oc1ccc(C)c(O)c1C. The van der Waals surface area contributed by atoms with Crippen molar-refractivity contribution in [2.24, 2.45) is 0 Å². The molecule has 168 valence electrons. The monoisotopic (exact) mass is 441 g/mol. The Morgan fingerprint density at radius 2 is 1.15 bits per heavy atom. The van der Waals surface area contributed by atoms with Gasteiger partial charge in [0.15, 0.2) is 5.75 Å². The number of rotatable bonds is 5. The molecule has 0 radical (unpaired) electrons. The predicted octanol–water partition coefficient (Wildman–Crippen LogP) is 7.30. The second-order valence-electron chi connectivity index (χ2n) is 8.20. The summed E-state index contributed by atoms with van der Waals surface area (Å²) < 4.78 is 6.33. The fraction of sp³-hybridized carbons (Fsp3) is 0.143. The zero-order valence-corrected chi connectivity index (χ0v) is 19.1. The summed E-state index contributed by atoms with van der Waals surface area (Å²) in [7, 11) is 0. The van der Waals surface area contributed by atoms with Gasteiger partial charge in [-0.15, -0.1) is 0 Å². The lowest BCUT2D eigenvalue weighted by atomic mass is 10.1. The molecule has 0 aliphatic rings. The summed E-state index contributed by atoms with van der Waals surface area (Å²) in [6.45, 7) is 7.54. The van der Waals surface area contributed by atoms with Gasteiger partial charge in [-0.05, 0) is 99.0 Å². The molecule has 4 rings (SSSR count). The van der Waals surface area contributed by atoms with Gasteiger partial charge in [0, 0.05) is 16.9 Å². The van der Waals surface area contributed by atoms with Crippen molar-refractivity contribution in [3.63, 3.8) is 0 Å². The Kier molecular flexibility index (Phi) is 5.88. The maximum atomic E-state index is 10.4. The lowest BCUT2D eigenvalue weighted by molar-refractivity contribution is 0.445. The van der Waals surface area contributed by atoms with Crippen LogP contribution < -0.4 is 9.64 Å². The Hall–Kier alpha value is -4.12. The molecule has 0 aliphatic heterocycles. The number of benzene rings is 4. The van der Waals surface area contributed by atoms with E-state index in [2.05, 4.69) is 0 Å². The van der Waals surface area contributed by atoms with Gasteiger partial charge < -0.3 is 25.0 Å². The first-order chi connectivity index (χ1) is 15.8. The van der Waals surface area contributed by atoms with E-state index in [0.717, 1.165) is 33.8 Å². The van der Waals surface area contributed by atoms with Crippen LogP contribution in [0.25, 0.3) is 0 Å². The predicted molar refractivity (Wildman–Crippen MR) is 132 cm³/mol. The van der Waals surface area contributed by atoms with Gasteiger partial charge in [0.25, 0.3) is 0 Å². The third-order valence-electron chi connectivity index (χ3n) is 5.75. The van der Waals surface area contributed by atoms with Gasteiger partial charge in [-0.2, -0.15) is 0 Å². The van der Waals surface area contributed by atoms with Gasteiger partial charge >= 0.3 is 0 Å². The number of hydrogen-bond acceptors (Lipinski definition) is 5. The van der Waals surface area contributed by atoms with Crippen LogP contribution in [0.2, 0.25) is 0 Å². The molecule has 0 fully saturated rings. The normalized spacial score (nSPS) is 10.8. The number of aromatic hydroxyl groups is 3. The van der Waals surface area contributed by atoms with E-state index in [1.165, 1.54) is 0 Å². The highest BCUT2D eigenvalue weighted by atomic mass is 16.5. The molecule has 0 unspecified atom stereocenters. The molecule has 4 aromatic rings. The third-order valence-corrected chi connectivity index (χ3v) is 5.75.